The molecule has 0 bridgehead atoms. The van der Waals surface area contributed by atoms with Gasteiger partial charge in [0.15, 0.2) is 24.6 Å². The molecule has 2 aliphatic rings. The number of carbonyl (C=O) groups is 3. The third kappa shape index (κ3) is 6.13. The van der Waals surface area contributed by atoms with Crippen LogP contribution in [-0.2, 0) is 42.8 Å². The van der Waals surface area contributed by atoms with Crippen LogP contribution in [0.5, 0.6) is 0 Å². The summed E-state index contributed by atoms with van der Waals surface area (Å²) in [5.41, 5.74) is 0. The summed E-state index contributed by atoms with van der Waals surface area (Å²) < 4.78 is 32.6. The molecule has 0 spiro atoms. The molecule has 0 unspecified atom stereocenters. The SMILES string of the molecule is CO[C@H]1O[C@H](CN2CCOCC2)[C@@H](OC(C)=O)[C@H](OC(C)=O)[C@@H]1OC(C)=O. The zero-order valence-electron chi connectivity index (χ0n) is 16.0. The third-order valence-corrected chi connectivity index (χ3v) is 4.27. The first-order valence-corrected chi connectivity index (χ1v) is 8.81. The minimum absolute atomic E-state index is 0.408. The highest BCUT2D eigenvalue weighted by Gasteiger charge is 2.52. The molecule has 154 valence electrons. The summed E-state index contributed by atoms with van der Waals surface area (Å²) in [6, 6.07) is 0. The maximum atomic E-state index is 11.7. The highest BCUT2D eigenvalue weighted by Crippen LogP contribution is 2.29. The van der Waals surface area contributed by atoms with E-state index in [-0.39, 0.29) is 0 Å². The first-order valence-electron chi connectivity index (χ1n) is 8.81. The standard InChI is InChI=1S/C17H27NO9/c1-10(19)24-14-13(9-18-5-7-23-8-6-18)27-17(22-4)16(26-12(3)21)15(14)25-11(2)20/h13-17H,5-9H2,1-4H3/t13-,14-,15+,16+,17+/m1/s1. The lowest BCUT2D eigenvalue weighted by Crippen LogP contribution is -2.64. The van der Waals surface area contributed by atoms with Gasteiger partial charge in [-0.25, -0.2) is 0 Å². The Hall–Kier alpha value is -1.75. The minimum Gasteiger partial charge on any atom is -0.456 e. The van der Waals surface area contributed by atoms with Crippen LogP contribution in [0.3, 0.4) is 0 Å². The average Bonchev–Trinajstić information content (AvgIpc) is 2.59. The normalized spacial score (nSPS) is 31.8. The lowest BCUT2D eigenvalue weighted by molar-refractivity contribution is -0.300. The quantitative estimate of drug-likeness (QED) is 0.435. The molecule has 27 heavy (non-hydrogen) atoms. The van der Waals surface area contributed by atoms with Gasteiger partial charge in [-0.3, -0.25) is 19.3 Å². The molecule has 2 fully saturated rings. The van der Waals surface area contributed by atoms with Crippen LogP contribution in [0, 0.1) is 0 Å². The molecule has 0 aromatic rings. The third-order valence-electron chi connectivity index (χ3n) is 4.27. The lowest BCUT2D eigenvalue weighted by atomic mass is 9.97. The molecular formula is C17H27NO9. The summed E-state index contributed by atoms with van der Waals surface area (Å²) in [7, 11) is 1.39. The topological polar surface area (TPSA) is 110 Å². The van der Waals surface area contributed by atoms with Crippen LogP contribution in [0.1, 0.15) is 20.8 Å². The van der Waals surface area contributed by atoms with Crippen LogP contribution >= 0.6 is 0 Å². The van der Waals surface area contributed by atoms with E-state index in [2.05, 4.69) is 4.90 Å². The second kappa shape index (κ2) is 9.98. The van der Waals surface area contributed by atoms with Crippen molar-refractivity contribution in [2.45, 2.75) is 51.5 Å². The second-order valence-corrected chi connectivity index (χ2v) is 6.41. The predicted molar refractivity (Wildman–Crippen MR) is 89.6 cm³/mol. The van der Waals surface area contributed by atoms with Gasteiger partial charge in [0, 0.05) is 47.5 Å². The molecule has 2 rings (SSSR count). The van der Waals surface area contributed by atoms with Gasteiger partial charge in [-0.05, 0) is 0 Å². The van der Waals surface area contributed by atoms with E-state index in [4.69, 9.17) is 28.4 Å². The number of esters is 3. The van der Waals surface area contributed by atoms with Crippen molar-refractivity contribution < 1.29 is 42.8 Å². The maximum Gasteiger partial charge on any atom is 0.303 e. The van der Waals surface area contributed by atoms with Gasteiger partial charge in [-0.1, -0.05) is 0 Å². The van der Waals surface area contributed by atoms with Gasteiger partial charge in [-0.2, -0.15) is 0 Å². The largest absolute Gasteiger partial charge is 0.456 e. The summed E-state index contributed by atoms with van der Waals surface area (Å²) >= 11 is 0. The molecule has 0 aliphatic carbocycles. The van der Waals surface area contributed by atoms with E-state index in [0.29, 0.717) is 32.8 Å². The van der Waals surface area contributed by atoms with E-state index in [1.807, 2.05) is 0 Å². The van der Waals surface area contributed by atoms with Crippen LogP contribution in [0.25, 0.3) is 0 Å². The van der Waals surface area contributed by atoms with E-state index in [1.54, 1.807) is 0 Å². The Kier molecular flexibility index (Phi) is 7.96. The van der Waals surface area contributed by atoms with Gasteiger partial charge in [0.1, 0.15) is 6.10 Å². The summed E-state index contributed by atoms with van der Waals surface area (Å²) in [6.07, 6.45) is -4.70. The molecule has 0 aromatic heterocycles. The molecular weight excluding hydrogens is 362 g/mol. The second-order valence-electron chi connectivity index (χ2n) is 6.41. The van der Waals surface area contributed by atoms with E-state index >= 15 is 0 Å². The van der Waals surface area contributed by atoms with Crippen molar-refractivity contribution in [2.75, 3.05) is 40.0 Å². The highest BCUT2D eigenvalue weighted by atomic mass is 16.7. The van der Waals surface area contributed by atoms with Crippen molar-refractivity contribution in [3.05, 3.63) is 0 Å². The Morgan fingerprint density at radius 2 is 1.41 bits per heavy atom. The molecule has 0 saturated carbocycles. The summed E-state index contributed by atoms with van der Waals surface area (Å²) in [4.78, 5) is 36.9. The van der Waals surface area contributed by atoms with Crippen molar-refractivity contribution >= 4 is 17.9 Å². The number of carbonyl (C=O) groups excluding carboxylic acids is 3. The molecule has 2 heterocycles. The van der Waals surface area contributed by atoms with Crippen LogP contribution in [0.15, 0.2) is 0 Å². The fraction of sp³-hybridized carbons (Fsp3) is 0.824. The van der Waals surface area contributed by atoms with Gasteiger partial charge >= 0.3 is 17.9 Å². The van der Waals surface area contributed by atoms with Crippen LogP contribution in [0.2, 0.25) is 0 Å². The van der Waals surface area contributed by atoms with Gasteiger partial charge in [-0.15, -0.1) is 0 Å². The number of ether oxygens (including phenoxy) is 6. The summed E-state index contributed by atoms with van der Waals surface area (Å²) in [5.74, 6) is -1.77. The van der Waals surface area contributed by atoms with Crippen molar-refractivity contribution in [1.82, 2.24) is 4.90 Å². The zero-order chi connectivity index (χ0) is 20.0. The molecule has 2 saturated heterocycles. The number of nitrogens with zero attached hydrogens (tertiary/aromatic N) is 1. The number of rotatable bonds is 6. The van der Waals surface area contributed by atoms with Gasteiger partial charge in [0.2, 0.25) is 0 Å². The monoisotopic (exact) mass is 389 g/mol. The minimum atomic E-state index is -1.07. The zero-order valence-corrected chi connectivity index (χ0v) is 16.0. The fourth-order valence-corrected chi connectivity index (χ4v) is 3.23. The van der Waals surface area contributed by atoms with Gasteiger partial charge in [0.05, 0.1) is 13.2 Å². The van der Waals surface area contributed by atoms with E-state index in [9.17, 15) is 14.4 Å². The molecule has 0 aromatic carbocycles. The number of hydrogen-bond acceptors (Lipinski definition) is 10. The summed E-state index contributed by atoms with van der Waals surface area (Å²) in [5, 5.41) is 0. The van der Waals surface area contributed by atoms with Crippen molar-refractivity contribution in [1.29, 1.82) is 0 Å². The molecule has 2 aliphatic heterocycles. The number of methoxy groups -OCH3 is 1. The van der Waals surface area contributed by atoms with Gasteiger partial charge in [0.25, 0.3) is 0 Å². The van der Waals surface area contributed by atoms with Crippen molar-refractivity contribution in [3.8, 4) is 0 Å². The van der Waals surface area contributed by atoms with E-state index in [0.717, 1.165) is 0 Å². The van der Waals surface area contributed by atoms with E-state index in [1.165, 1.54) is 27.9 Å². The smallest absolute Gasteiger partial charge is 0.303 e. The fourth-order valence-electron chi connectivity index (χ4n) is 3.23. The van der Waals surface area contributed by atoms with Crippen LogP contribution in [-0.4, -0.2) is 93.5 Å². The Morgan fingerprint density at radius 3 is 1.93 bits per heavy atom. The molecule has 10 heteroatoms. The van der Waals surface area contributed by atoms with Crippen molar-refractivity contribution in [2.24, 2.45) is 0 Å². The molecule has 5 atom stereocenters. The first kappa shape index (κ1) is 21.5. The predicted octanol–water partition coefficient (Wildman–Crippen LogP) is -0.515. The highest BCUT2D eigenvalue weighted by molar-refractivity contribution is 5.68. The summed E-state index contributed by atoms with van der Waals surface area (Å²) in [6.45, 7) is 6.66. The molecule has 0 N–H and O–H groups in total. The first-order chi connectivity index (χ1) is 12.8. The molecule has 0 radical (unpaired) electrons. The Morgan fingerprint density at radius 1 is 0.889 bits per heavy atom. The van der Waals surface area contributed by atoms with Crippen LogP contribution in [0.4, 0.5) is 0 Å². The average molecular weight is 389 g/mol. The van der Waals surface area contributed by atoms with Crippen molar-refractivity contribution in [3.63, 3.8) is 0 Å². The van der Waals surface area contributed by atoms with E-state index < -0.39 is 48.6 Å². The molecule has 10 nitrogen and oxygen atoms in total. The number of morpholine rings is 1. The Labute approximate surface area is 157 Å². The maximum absolute atomic E-state index is 11.7. The Bertz CT molecular complexity index is 534. The van der Waals surface area contributed by atoms with Gasteiger partial charge < -0.3 is 28.4 Å². The lowest BCUT2D eigenvalue weighted by Gasteiger charge is -2.45. The molecule has 0 amide bonds. The van der Waals surface area contributed by atoms with Crippen LogP contribution < -0.4 is 0 Å². The Balaban J connectivity index is 2.28. The number of hydrogen-bond donors (Lipinski definition) is 0.